The number of nitrogens with one attached hydrogen (secondary N) is 1. The molecule has 2 nitrogen and oxygen atoms in total. The Labute approximate surface area is 109 Å². The number of ether oxygens (including phenoxy) is 1. The highest BCUT2D eigenvalue weighted by Gasteiger charge is 2.04. The Balaban J connectivity index is 2.22. The van der Waals surface area contributed by atoms with E-state index >= 15 is 0 Å². The average Bonchev–Trinajstić information content (AvgIpc) is 2.26. The lowest BCUT2D eigenvalue weighted by atomic mass is 10.2. The molecule has 0 bridgehead atoms. The molecular formula is C11H13Cl2F2NO. The van der Waals surface area contributed by atoms with Crippen LogP contribution < -0.4 is 5.32 Å². The smallest absolute Gasteiger partial charge is 0.261 e. The number of benzene rings is 1. The molecule has 0 saturated carbocycles. The van der Waals surface area contributed by atoms with Crippen molar-refractivity contribution in [3.05, 3.63) is 33.8 Å². The summed E-state index contributed by atoms with van der Waals surface area (Å²) in [6.45, 7) is 0.645. The second kappa shape index (κ2) is 7.82. The maximum atomic E-state index is 11.7. The van der Waals surface area contributed by atoms with Crippen LogP contribution >= 0.6 is 23.2 Å². The fourth-order valence-electron chi connectivity index (χ4n) is 1.23. The maximum absolute atomic E-state index is 11.7. The third-order valence-electron chi connectivity index (χ3n) is 2.03. The van der Waals surface area contributed by atoms with Gasteiger partial charge in [-0.25, -0.2) is 8.78 Å². The monoisotopic (exact) mass is 283 g/mol. The Morgan fingerprint density at radius 3 is 2.47 bits per heavy atom. The van der Waals surface area contributed by atoms with Crippen molar-refractivity contribution in [2.45, 2.75) is 13.0 Å². The number of alkyl halides is 2. The quantitative estimate of drug-likeness (QED) is 0.775. The van der Waals surface area contributed by atoms with E-state index in [1.165, 1.54) is 0 Å². The molecule has 0 saturated heterocycles. The SMILES string of the molecule is FC(F)COCCNCc1c(Cl)cccc1Cl. The van der Waals surface area contributed by atoms with Crippen molar-refractivity contribution < 1.29 is 13.5 Å². The van der Waals surface area contributed by atoms with Crippen LogP contribution in [0.4, 0.5) is 8.78 Å². The summed E-state index contributed by atoms with van der Waals surface area (Å²) in [5.41, 5.74) is 0.796. The Morgan fingerprint density at radius 2 is 1.88 bits per heavy atom. The summed E-state index contributed by atoms with van der Waals surface area (Å²) in [5, 5.41) is 4.18. The van der Waals surface area contributed by atoms with Gasteiger partial charge in [0.25, 0.3) is 6.43 Å². The van der Waals surface area contributed by atoms with Crippen molar-refractivity contribution in [2.24, 2.45) is 0 Å². The van der Waals surface area contributed by atoms with Crippen molar-refractivity contribution in [1.82, 2.24) is 5.32 Å². The van der Waals surface area contributed by atoms with Gasteiger partial charge in [0.2, 0.25) is 0 Å². The van der Waals surface area contributed by atoms with Gasteiger partial charge in [-0.05, 0) is 12.1 Å². The standard InChI is InChI=1S/C11H13Cl2F2NO/c12-9-2-1-3-10(13)8(9)6-16-4-5-17-7-11(14)15/h1-3,11,16H,4-7H2. The molecule has 1 N–H and O–H groups in total. The zero-order chi connectivity index (χ0) is 12.7. The van der Waals surface area contributed by atoms with Gasteiger partial charge in [-0.1, -0.05) is 29.3 Å². The lowest BCUT2D eigenvalue weighted by Crippen LogP contribution is -2.21. The summed E-state index contributed by atoms with van der Waals surface area (Å²) < 4.78 is 28.2. The summed E-state index contributed by atoms with van der Waals surface area (Å²) in [6, 6.07) is 5.26. The summed E-state index contributed by atoms with van der Waals surface area (Å²) in [6.07, 6.45) is -2.42. The third kappa shape index (κ3) is 5.64. The van der Waals surface area contributed by atoms with Crippen LogP contribution in [0.15, 0.2) is 18.2 Å². The van der Waals surface area contributed by atoms with Crippen LogP contribution in [0, 0.1) is 0 Å². The normalized spacial score (nSPS) is 11.1. The Bertz CT molecular complexity index is 330. The minimum Gasteiger partial charge on any atom is -0.374 e. The topological polar surface area (TPSA) is 21.3 Å². The molecule has 0 aliphatic carbocycles. The summed E-state index contributed by atoms with van der Waals surface area (Å²) >= 11 is 11.9. The van der Waals surface area contributed by atoms with E-state index in [0.29, 0.717) is 23.1 Å². The highest BCUT2D eigenvalue weighted by atomic mass is 35.5. The molecule has 0 aromatic heterocycles. The van der Waals surface area contributed by atoms with Crippen molar-refractivity contribution >= 4 is 23.2 Å². The predicted molar refractivity (Wildman–Crippen MR) is 65.0 cm³/mol. The minimum absolute atomic E-state index is 0.229. The molecule has 0 heterocycles. The van der Waals surface area contributed by atoms with Gasteiger partial charge in [0.1, 0.15) is 6.61 Å². The second-order valence-corrected chi connectivity index (χ2v) is 4.16. The lowest BCUT2D eigenvalue weighted by Gasteiger charge is -2.08. The fraction of sp³-hybridized carbons (Fsp3) is 0.455. The van der Waals surface area contributed by atoms with Crippen LogP contribution in [-0.2, 0) is 11.3 Å². The van der Waals surface area contributed by atoms with Gasteiger partial charge in [-0.2, -0.15) is 0 Å². The van der Waals surface area contributed by atoms with Crippen LogP contribution in [0.3, 0.4) is 0 Å². The van der Waals surface area contributed by atoms with E-state index in [2.05, 4.69) is 5.32 Å². The molecule has 0 radical (unpaired) electrons. The molecule has 17 heavy (non-hydrogen) atoms. The molecule has 0 unspecified atom stereocenters. The van der Waals surface area contributed by atoms with Crippen molar-refractivity contribution in [2.75, 3.05) is 19.8 Å². The van der Waals surface area contributed by atoms with Gasteiger partial charge in [-0.3, -0.25) is 0 Å². The minimum atomic E-state index is -2.42. The van der Waals surface area contributed by atoms with Gasteiger partial charge in [0.15, 0.2) is 0 Å². The predicted octanol–water partition coefficient (Wildman–Crippen LogP) is 3.36. The molecule has 1 aromatic carbocycles. The van der Waals surface area contributed by atoms with E-state index < -0.39 is 13.0 Å². The van der Waals surface area contributed by atoms with Gasteiger partial charge >= 0.3 is 0 Å². The maximum Gasteiger partial charge on any atom is 0.261 e. The van der Waals surface area contributed by atoms with E-state index in [9.17, 15) is 8.78 Å². The molecule has 1 aromatic rings. The van der Waals surface area contributed by atoms with Crippen LogP contribution in [-0.4, -0.2) is 26.2 Å². The number of halogens is 4. The fourth-order valence-corrected chi connectivity index (χ4v) is 1.76. The molecule has 0 aliphatic rings. The zero-order valence-corrected chi connectivity index (χ0v) is 10.6. The van der Waals surface area contributed by atoms with E-state index in [0.717, 1.165) is 5.56 Å². The van der Waals surface area contributed by atoms with E-state index in [-0.39, 0.29) is 6.61 Å². The van der Waals surface area contributed by atoms with Gasteiger partial charge in [0.05, 0.1) is 6.61 Å². The first kappa shape index (κ1) is 14.6. The highest BCUT2D eigenvalue weighted by molar-refractivity contribution is 6.35. The van der Waals surface area contributed by atoms with Crippen molar-refractivity contribution in [3.8, 4) is 0 Å². The first-order valence-electron chi connectivity index (χ1n) is 5.10. The summed E-state index contributed by atoms with van der Waals surface area (Å²) in [5.74, 6) is 0. The first-order valence-corrected chi connectivity index (χ1v) is 5.86. The van der Waals surface area contributed by atoms with Crippen LogP contribution in [0.5, 0.6) is 0 Å². The molecule has 0 spiro atoms. The van der Waals surface area contributed by atoms with Crippen LogP contribution in [0.25, 0.3) is 0 Å². The Kier molecular flexibility index (Phi) is 6.73. The van der Waals surface area contributed by atoms with Gasteiger partial charge < -0.3 is 10.1 Å². The number of hydrogen-bond donors (Lipinski definition) is 1. The number of rotatable bonds is 7. The Hall–Kier alpha value is -0.420. The van der Waals surface area contributed by atoms with E-state index in [1.807, 2.05) is 0 Å². The van der Waals surface area contributed by atoms with Crippen LogP contribution in [0.2, 0.25) is 10.0 Å². The summed E-state index contributed by atoms with van der Waals surface area (Å²) in [4.78, 5) is 0. The molecule has 0 amide bonds. The van der Waals surface area contributed by atoms with Crippen molar-refractivity contribution in [3.63, 3.8) is 0 Å². The average molecular weight is 284 g/mol. The molecule has 1 rings (SSSR count). The third-order valence-corrected chi connectivity index (χ3v) is 2.74. The largest absolute Gasteiger partial charge is 0.374 e. The van der Waals surface area contributed by atoms with Crippen molar-refractivity contribution in [1.29, 1.82) is 0 Å². The van der Waals surface area contributed by atoms with E-state index in [1.54, 1.807) is 18.2 Å². The highest BCUT2D eigenvalue weighted by Crippen LogP contribution is 2.23. The van der Waals surface area contributed by atoms with Crippen LogP contribution in [0.1, 0.15) is 5.56 Å². The molecule has 0 atom stereocenters. The Morgan fingerprint density at radius 1 is 1.24 bits per heavy atom. The zero-order valence-electron chi connectivity index (χ0n) is 9.06. The molecule has 6 heteroatoms. The van der Waals surface area contributed by atoms with E-state index in [4.69, 9.17) is 27.9 Å². The molecule has 96 valence electrons. The second-order valence-electron chi connectivity index (χ2n) is 3.34. The molecular weight excluding hydrogens is 271 g/mol. The first-order chi connectivity index (χ1) is 8.11. The molecule has 0 aliphatic heterocycles. The number of hydrogen-bond acceptors (Lipinski definition) is 2. The van der Waals surface area contributed by atoms with Gasteiger partial charge in [-0.15, -0.1) is 0 Å². The lowest BCUT2D eigenvalue weighted by molar-refractivity contribution is 0.0187. The van der Waals surface area contributed by atoms with Gasteiger partial charge in [0, 0.05) is 28.7 Å². The summed E-state index contributed by atoms with van der Waals surface area (Å²) in [7, 11) is 0. The molecule has 0 fully saturated rings.